The number of allylic oxidation sites excluding steroid dienone is 2. The van der Waals surface area contributed by atoms with Crippen molar-refractivity contribution in [2.75, 3.05) is 13.1 Å². The lowest BCUT2D eigenvalue weighted by Crippen LogP contribution is -2.24. The van der Waals surface area contributed by atoms with Crippen molar-refractivity contribution in [3.05, 3.63) is 48.0 Å². The molecule has 1 aromatic rings. The van der Waals surface area contributed by atoms with Crippen LogP contribution in [0.2, 0.25) is 0 Å². The number of aryl methyl sites for hydroxylation is 1. The van der Waals surface area contributed by atoms with Crippen LogP contribution in [0.3, 0.4) is 0 Å². The lowest BCUT2D eigenvalue weighted by Gasteiger charge is -2.18. The average molecular weight is 229 g/mol. The van der Waals surface area contributed by atoms with Crippen LogP contribution < -0.4 is 5.32 Å². The van der Waals surface area contributed by atoms with Crippen LogP contribution in [0.1, 0.15) is 31.2 Å². The third kappa shape index (κ3) is 4.74. The first-order valence-electron chi connectivity index (χ1n) is 6.85. The van der Waals surface area contributed by atoms with E-state index in [9.17, 15) is 0 Å². The molecule has 17 heavy (non-hydrogen) atoms. The third-order valence-electron chi connectivity index (χ3n) is 3.47. The van der Waals surface area contributed by atoms with Gasteiger partial charge in [0.05, 0.1) is 0 Å². The first kappa shape index (κ1) is 12.4. The molecule has 1 N–H and O–H groups in total. The van der Waals surface area contributed by atoms with Crippen LogP contribution in [0.15, 0.2) is 42.5 Å². The van der Waals surface area contributed by atoms with Crippen LogP contribution in [0, 0.1) is 5.92 Å². The molecule has 1 unspecified atom stereocenters. The van der Waals surface area contributed by atoms with Gasteiger partial charge in [-0.1, -0.05) is 42.5 Å². The zero-order chi connectivity index (χ0) is 11.8. The number of hydrogen-bond acceptors (Lipinski definition) is 1. The topological polar surface area (TPSA) is 12.0 Å². The molecule has 1 heteroatoms. The van der Waals surface area contributed by atoms with E-state index in [2.05, 4.69) is 47.8 Å². The van der Waals surface area contributed by atoms with Crippen molar-refractivity contribution >= 4 is 0 Å². The van der Waals surface area contributed by atoms with Crippen molar-refractivity contribution in [1.29, 1.82) is 0 Å². The highest BCUT2D eigenvalue weighted by molar-refractivity contribution is 5.14. The van der Waals surface area contributed by atoms with Crippen LogP contribution >= 0.6 is 0 Å². The van der Waals surface area contributed by atoms with Crippen molar-refractivity contribution in [3.8, 4) is 0 Å². The van der Waals surface area contributed by atoms with E-state index < -0.39 is 0 Å². The number of nitrogens with one attached hydrogen (secondary N) is 1. The van der Waals surface area contributed by atoms with Crippen LogP contribution in [0.5, 0.6) is 0 Å². The second kappa shape index (κ2) is 7.29. The summed E-state index contributed by atoms with van der Waals surface area (Å²) < 4.78 is 0. The Hall–Kier alpha value is -1.08. The number of benzene rings is 1. The largest absolute Gasteiger partial charge is 0.316 e. The summed E-state index contributed by atoms with van der Waals surface area (Å²) in [5.74, 6) is 0.872. The fourth-order valence-corrected chi connectivity index (χ4v) is 2.41. The Morgan fingerprint density at radius 3 is 2.76 bits per heavy atom. The highest BCUT2D eigenvalue weighted by Gasteiger charge is 2.08. The van der Waals surface area contributed by atoms with E-state index in [0.717, 1.165) is 12.5 Å². The van der Waals surface area contributed by atoms with Gasteiger partial charge in [-0.3, -0.25) is 0 Å². The van der Waals surface area contributed by atoms with Gasteiger partial charge in [-0.2, -0.15) is 0 Å². The molecule has 1 atom stereocenters. The zero-order valence-corrected chi connectivity index (χ0v) is 10.6. The summed E-state index contributed by atoms with van der Waals surface area (Å²) in [5.41, 5.74) is 1.45. The van der Waals surface area contributed by atoms with Crippen molar-refractivity contribution in [2.24, 2.45) is 5.92 Å². The smallest absolute Gasteiger partial charge is 0.00174 e. The van der Waals surface area contributed by atoms with Gasteiger partial charge >= 0.3 is 0 Å². The van der Waals surface area contributed by atoms with Gasteiger partial charge in [0.2, 0.25) is 0 Å². The quantitative estimate of drug-likeness (QED) is 0.581. The van der Waals surface area contributed by atoms with Gasteiger partial charge in [-0.15, -0.1) is 0 Å². The van der Waals surface area contributed by atoms with Crippen LogP contribution in [0.4, 0.5) is 0 Å². The standard InChI is InChI=1S/C16H23N/c1-3-8-15(9-4-1)12-7-13-17-14-16-10-5-2-6-11-16/h1-5,8-9,16-17H,6-7,10-14H2. The van der Waals surface area contributed by atoms with Gasteiger partial charge in [0.15, 0.2) is 0 Å². The summed E-state index contributed by atoms with van der Waals surface area (Å²) in [7, 11) is 0. The molecule has 0 radical (unpaired) electrons. The Bertz CT molecular complexity index is 329. The van der Waals surface area contributed by atoms with Crippen molar-refractivity contribution in [3.63, 3.8) is 0 Å². The summed E-state index contributed by atoms with van der Waals surface area (Å²) in [6.07, 6.45) is 11.0. The molecule has 0 aliphatic heterocycles. The monoisotopic (exact) mass is 229 g/mol. The molecule has 0 amide bonds. The Balaban J connectivity index is 1.53. The fraction of sp³-hybridized carbons (Fsp3) is 0.500. The number of hydrogen-bond donors (Lipinski definition) is 1. The summed E-state index contributed by atoms with van der Waals surface area (Å²) in [6, 6.07) is 10.8. The van der Waals surface area contributed by atoms with E-state index in [1.54, 1.807) is 0 Å². The maximum absolute atomic E-state index is 3.59. The van der Waals surface area contributed by atoms with E-state index in [4.69, 9.17) is 0 Å². The molecule has 0 bridgehead atoms. The van der Waals surface area contributed by atoms with Gasteiger partial charge in [-0.05, 0) is 56.7 Å². The molecule has 0 aromatic heterocycles. The summed E-state index contributed by atoms with van der Waals surface area (Å²) in [6.45, 7) is 2.34. The third-order valence-corrected chi connectivity index (χ3v) is 3.47. The van der Waals surface area contributed by atoms with Crippen molar-refractivity contribution in [2.45, 2.75) is 32.1 Å². The first-order chi connectivity index (χ1) is 8.45. The lowest BCUT2D eigenvalue weighted by molar-refractivity contribution is 0.439. The number of rotatable bonds is 6. The Kier molecular flexibility index (Phi) is 5.31. The van der Waals surface area contributed by atoms with Gasteiger partial charge in [0.25, 0.3) is 0 Å². The van der Waals surface area contributed by atoms with Gasteiger partial charge in [-0.25, -0.2) is 0 Å². The lowest BCUT2D eigenvalue weighted by atomic mass is 9.94. The van der Waals surface area contributed by atoms with E-state index in [1.807, 2.05) is 0 Å². The minimum atomic E-state index is 0.872. The fourth-order valence-electron chi connectivity index (χ4n) is 2.41. The van der Waals surface area contributed by atoms with Gasteiger partial charge in [0, 0.05) is 0 Å². The molecule has 1 nitrogen and oxygen atoms in total. The highest BCUT2D eigenvalue weighted by Crippen LogP contribution is 2.16. The molecular formula is C16H23N. The summed E-state index contributed by atoms with van der Waals surface area (Å²) in [4.78, 5) is 0. The molecule has 1 aromatic carbocycles. The zero-order valence-electron chi connectivity index (χ0n) is 10.6. The molecular weight excluding hydrogens is 206 g/mol. The molecule has 1 aliphatic carbocycles. The second-order valence-electron chi connectivity index (χ2n) is 4.94. The maximum atomic E-state index is 3.59. The van der Waals surface area contributed by atoms with Crippen molar-refractivity contribution < 1.29 is 0 Å². The van der Waals surface area contributed by atoms with E-state index in [1.165, 1.54) is 44.2 Å². The minimum Gasteiger partial charge on any atom is -0.316 e. The predicted molar refractivity (Wildman–Crippen MR) is 74.1 cm³/mol. The second-order valence-corrected chi connectivity index (χ2v) is 4.94. The van der Waals surface area contributed by atoms with E-state index >= 15 is 0 Å². The van der Waals surface area contributed by atoms with Gasteiger partial charge in [0.1, 0.15) is 0 Å². The minimum absolute atomic E-state index is 0.872. The van der Waals surface area contributed by atoms with Gasteiger partial charge < -0.3 is 5.32 Å². The Labute approximate surface area is 105 Å². The predicted octanol–water partition coefficient (Wildman–Crippen LogP) is 3.57. The molecule has 2 rings (SSSR count). The van der Waals surface area contributed by atoms with Crippen molar-refractivity contribution in [1.82, 2.24) is 5.32 Å². The Morgan fingerprint density at radius 1 is 1.12 bits per heavy atom. The molecule has 0 saturated heterocycles. The Morgan fingerprint density at radius 2 is 2.00 bits per heavy atom. The van der Waals surface area contributed by atoms with Crippen LogP contribution in [0.25, 0.3) is 0 Å². The molecule has 1 aliphatic rings. The molecule has 0 fully saturated rings. The summed E-state index contributed by atoms with van der Waals surface area (Å²) >= 11 is 0. The molecule has 0 saturated carbocycles. The van der Waals surface area contributed by atoms with E-state index in [0.29, 0.717) is 0 Å². The highest BCUT2D eigenvalue weighted by atomic mass is 14.8. The molecule has 92 valence electrons. The SMILES string of the molecule is C1=CCC(CNCCCc2ccccc2)CC1. The van der Waals surface area contributed by atoms with Crippen LogP contribution in [-0.4, -0.2) is 13.1 Å². The summed E-state index contributed by atoms with van der Waals surface area (Å²) in [5, 5.41) is 3.59. The maximum Gasteiger partial charge on any atom is -0.00174 e. The molecule has 0 heterocycles. The molecule has 0 spiro atoms. The first-order valence-corrected chi connectivity index (χ1v) is 6.85. The average Bonchev–Trinajstić information content (AvgIpc) is 2.41. The normalized spacial score (nSPS) is 19.4. The van der Waals surface area contributed by atoms with Crippen LogP contribution in [-0.2, 0) is 6.42 Å². The van der Waals surface area contributed by atoms with E-state index in [-0.39, 0.29) is 0 Å².